The normalized spacial score (nSPS) is 7.71. The van der Waals surface area contributed by atoms with E-state index in [1.165, 1.54) is 7.05 Å². The van der Waals surface area contributed by atoms with E-state index in [0.29, 0.717) is 0 Å². The molecule has 0 unspecified atom stereocenters. The first-order chi connectivity index (χ1) is 3.13. The van der Waals surface area contributed by atoms with Crippen molar-refractivity contribution in [1.82, 2.24) is 5.12 Å². The zero-order chi connectivity index (χ0) is 5.86. The van der Waals surface area contributed by atoms with E-state index in [9.17, 15) is 0 Å². The van der Waals surface area contributed by atoms with Gasteiger partial charge in [0.05, 0.1) is 0 Å². The van der Waals surface area contributed by atoms with Crippen LogP contribution >= 0.6 is 0 Å². The van der Waals surface area contributed by atoms with Crippen molar-refractivity contribution in [1.29, 1.82) is 0 Å². The lowest BCUT2D eigenvalue weighted by Gasteiger charge is -2.01. The topological polar surface area (TPSA) is 93.7 Å². The second-order valence-corrected chi connectivity index (χ2v) is 1.10. The second kappa shape index (κ2) is 2.25. The Morgan fingerprint density at radius 3 is 2.00 bits per heavy atom. The van der Waals surface area contributed by atoms with Crippen LogP contribution in [-0.4, -0.2) is 18.1 Å². The van der Waals surface area contributed by atoms with Gasteiger partial charge in [0.15, 0.2) is 0 Å². The largest absolute Gasteiger partial charge is 0.369 e. The number of rotatable bonds is 1. The number of guanidine groups is 1. The molecular weight excluding hydrogens is 94.1 g/mol. The highest BCUT2D eigenvalue weighted by molar-refractivity contribution is 5.75. The van der Waals surface area contributed by atoms with Crippen LogP contribution in [0.25, 0.3) is 0 Å². The Morgan fingerprint density at radius 2 is 2.00 bits per heavy atom. The lowest BCUT2D eigenvalue weighted by atomic mass is 11.1. The Morgan fingerprint density at radius 1 is 1.57 bits per heavy atom. The summed E-state index contributed by atoms with van der Waals surface area (Å²) >= 11 is 0. The third-order valence-corrected chi connectivity index (χ3v) is 0.273. The summed E-state index contributed by atoms with van der Waals surface area (Å²) < 4.78 is 0. The molecule has 0 aliphatic rings. The lowest BCUT2D eigenvalue weighted by Crippen LogP contribution is -2.30. The third-order valence-electron chi connectivity index (χ3n) is 0.273. The molecule has 7 heavy (non-hydrogen) atoms. The molecule has 5 heteroatoms. The Kier molecular flexibility index (Phi) is 1.94. The van der Waals surface area contributed by atoms with E-state index in [4.69, 9.17) is 17.3 Å². The molecular formula is C2H9N5. The highest BCUT2D eigenvalue weighted by Crippen LogP contribution is 1.62. The van der Waals surface area contributed by atoms with Gasteiger partial charge in [0.2, 0.25) is 5.96 Å². The van der Waals surface area contributed by atoms with Gasteiger partial charge >= 0.3 is 0 Å². The second-order valence-electron chi connectivity index (χ2n) is 1.10. The Balaban J connectivity index is 3.45. The number of hydrogen-bond acceptors (Lipinski definition) is 3. The predicted molar refractivity (Wildman–Crippen MR) is 27.8 cm³/mol. The maximum Gasteiger partial charge on any atom is 0.210 e. The van der Waals surface area contributed by atoms with Crippen LogP contribution in [0.3, 0.4) is 0 Å². The zero-order valence-corrected chi connectivity index (χ0v) is 4.13. The van der Waals surface area contributed by atoms with E-state index < -0.39 is 0 Å². The molecule has 0 spiro atoms. The first-order valence-electron chi connectivity index (χ1n) is 1.71. The van der Waals surface area contributed by atoms with Crippen LogP contribution in [0.5, 0.6) is 0 Å². The smallest absolute Gasteiger partial charge is 0.210 e. The molecule has 0 bridgehead atoms. The van der Waals surface area contributed by atoms with Crippen LogP contribution in [0.4, 0.5) is 0 Å². The molecule has 5 nitrogen and oxygen atoms in total. The maximum absolute atomic E-state index is 4.98. The first kappa shape index (κ1) is 6.03. The van der Waals surface area contributed by atoms with Crippen molar-refractivity contribution in [2.24, 2.45) is 22.4 Å². The van der Waals surface area contributed by atoms with Gasteiger partial charge in [-0.25, -0.2) is 11.0 Å². The van der Waals surface area contributed by atoms with Crippen molar-refractivity contribution in [3.63, 3.8) is 0 Å². The summed E-state index contributed by atoms with van der Waals surface area (Å²) in [5, 5.41) is 4.40. The van der Waals surface area contributed by atoms with Gasteiger partial charge in [0, 0.05) is 7.05 Å². The molecule has 0 saturated carbocycles. The summed E-state index contributed by atoms with van der Waals surface area (Å²) in [6, 6.07) is 0. The molecule has 0 radical (unpaired) electrons. The maximum atomic E-state index is 4.98. The van der Waals surface area contributed by atoms with Crippen molar-refractivity contribution in [3.8, 4) is 0 Å². The summed E-state index contributed by atoms with van der Waals surface area (Å²) in [5.41, 5.74) is 9.80. The number of nitrogens with two attached hydrogens (primary N) is 3. The molecule has 0 aromatic heterocycles. The molecule has 0 aromatic carbocycles. The van der Waals surface area contributed by atoms with Crippen molar-refractivity contribution < 1.29 is 0 Å². The molecule has 0 heterocycles. The highest BCUT2D eigenvalue weighted by atomic mass is 15.6. The predicted octanol–water partition coefficient (Wildman–Crippen LogP) is -2.02. The van der Waals surface area contributed by atoms with Crippen molar-refractivity contribution >= 4 is 5.96 Å². The van der Waals surface area contributed by atoms with Crippen LogP contribution < -0.4 is 17.3 Å². The van der Waals surface area contributed by atoms with Crippen molar-refractivity contribution in [3.05, 3.63) is 0 Å². The number of hydrogen-bond donors (Lipinski definition) is 3. The molecule has 0 aliphatic carbocycles. The standard InChI is InChI=1S/C2H9N5/c1-7(5)6-2(3)4/h5H2,1H3,(H4,3,4,6). The van der Waals surface area contributed by atoms with Gasteiger partial charge in [-0.05, 0) is 0 Å². The number of hydrazine groups is 1. The van der Waals surface area contributed by atoms with Crippen LogP contribution in [0, 0.1) is 0 Å². The summed E-state index contributed by atoms with van der Waals surface area (Å²) in [6.45, 7) is 0. The van der Waals surface area contributed by atoms with E-state index in [-0.39, 0.29) is 5.96 Å². The van der Waals surface area contributed by atoms with Crippen LogP contribution in [0.1, 0.15) is 0 Å². The van der Waals surface area contributed by atoms with E-state index >= 15 is 0 Å². The summed E-state index contributed by atoms with van der Waals surface area (Å²) in [5.74, 6) is 4.94. The van der Waals surface area contributed by atoms with Gasteiger partial charge in [-0.2, -0.15) is 0 Å². The average Bonchev–Trinajstić information content (AvgIpc) is 1.27. The Labute approximate surface area is 41.7 Å². The minimum Gasteiger partial charge on any atom is -0.369 e. The summed E-state index contributed by atoms with van der Waals surface area (Å²) in [6.07, 6.45) is 0. The SMILES string of the molecule is CN(N)N=C(N)N. The third kappa shape index (κ3) is 5.03. The molecule has 0 fully saturated rings. The molecule has 42 valence electrons. The number of nitrogens with zero attached hydrogens (tertiary/aromatic N) is 2. The van der Waals surface area contributed by atoms with Crippen molar-refractivity contribution in [2.75, 3.05) is 7.05 Å². The summed E-state index contributed by atoms with van der Waals surface area (Å²) in [7, 11) is 1.53. The van der Waals surface area contributed by atoms with Gasteiger partial charge in [0.25, 0.3) is 0 Å². The molecule has 6 N–H and O–H groups in total. The van der Waals surface area contributed by atoms with Crippen LogP contribution in [0.2, 0.25) is 0 Å². The van der Waals surface area contributed by atoms with Crippen LogP contribution in [0.15, 0.2) is 5.10 Å². The Hall–Kier alpha value is -0.970. The van der Waals surface area contributed by atoms with Gasteiger partial charge in [0.1, 0.15) is 0 Å². The average molecular weight is 103 g/mol. The van der Waals surface area contributed by atoms with E-state index in [2.05, 4.69) is 5.10 Å². The zero-order valence-electron chi connectivity index (χ0n) is 4.13. The van der Waals surface area contributed by atoms with Crippen molar-refractivity contribution in [2.45, 2.75) is 0 Å². The molecule has 0 aromatic rings. The fraction of sp³-hybridized carbons (Fsp3) is 0.500. The highest BCUT2D eigenvalue weighted by Gasteiger charge is 1.77. The molecule has 0 rings (SSSR count). The minimum atomic E-state index is -0.0370. The van der Waals surface area contributed by atoms with Gasteiger partial charge in [-0.3, -0.25) is 0 Å². The van der Waals surface area contributed by atoms with E-state index in [1.54, 1.807) is 0 Å². The first-order valence-corrected chi connectivity index (χ1v) is 1.71. The quantitative estimate of drug-likeness (QED) is 0.154. The number of hydrazone groups is 1. The fourth-order valence-electron chi connectivity index (χ4n) is 0.182. The molecule has 0 atom stereocenters. The molecule has 0 aliphatic heterocycles. The monoisotopic (exact) mass is 103 g/mol. The van der Waals surface area contributed by atoms with Gasteiger partial charge < -0.3 is 11.5 Å². The lowest BCUT2D eigenvalue weighted by molar-refractivity contribution is 0.371. The van der Waals surface area contributed by atoms with Gasteiger partial charge in [-0.1, -0.05) is 0 Å². The minimum absolute atomic E-state index is 0.0370. The fourth-order valence-corrected chi connectivity index (χ4v) is 0.182. The Bertz CT molecular complexity index is 70.1. The molecule has 0 amide bonds. The van der Waals surface area contributed by atoms with Crippen LogP contribution in [-0.2, 0) is 0 Å². The molecule has 0 saturated heterocycles. The van der Waals surface area contributed by atoms with E-state index in [0.717, 1.165) is 5.12 Å². The van der Waals surface area contributed by atoms with E-state index in [1.807, 2.05) is 0 Å². The van der Waals surface area contributed by atoms with Gasteiger partial charge in [-0.15, -0.1) is 5.10 Å². The summed E-state index contributed by atoms with van der Waals surface area (Å²) in [4.78, 5) is 0.